The molecule has 4 nitrogen and oxygen atoms in total. The molecular formula is C22H22N2O2S. The van der Waals surface area contributed by atoms with Crippen molar-refractivity contribution in [1.82, 2.24) is 10.2 Å². The minimum atomic E-state index is -0.134. The largest absolute Gasteiger partial charge is 0.352 e. The third-order valence-electron chi connectivity index (χ3n) is 4.85. The Labute approximate surface area is 162 Å². The van der Waals surface area contributed by atoms with Crippen LogP contribution < -0.4 is 5.32 Å². The third kappa shape index (κ3) is 4.37. The Morgan fingerprint density at radius 2 is 1.85 bits per heavy atom. The molecular weight excluding hydrogens is 356 g/mol. The van der Waals surface area contributed by atoms with Crippen molar-refractivity contribution in [3.05, 3.63) is 70.4 Å². The van der Waals surface area contributed by atoms with E-state index in [9.17, 15) is 9.59 Å². The number of hydrogen-bond acceptors (Lipinski definition) is 3. The second kappa shape index (κ2) is 7.92. The Morgan fingerprint density at radius 3 is 2.59 bits per heavy atom. The highest BCUT2D eigenvalue weighted by molar-refractivity contribution is 7.09. The Kier molecular flexibility index (Phi) is 5.21. The van der Waals surface area contributed by atoms with Gasteiger partial charge in [0.1, 0.15) is 0 Å². The number of thiophene rings is 1. The Morgan fingerprint density at radius 1 is 1.04 bits per heavy atom. The molecule has 1 N–H and O–H groups in total. The fraction of sp³-hybridized carbons (Fsp3) is 0.273. The number of carbonyl (C=O) groups is 2. The summed E-state index contributed by atoms with van der Waals surface area (Å²) in [6, 6.07) is 18.1. The molecule has 0 aliphatic heterocycles. The molecule has 5 heteroatoms. The second-order valence-electron chi connectivity index (χ2n) is 6.90. The normalized spacial score (nSPS) is 13.5. The van der Waals surface area contributed by atoms with Gasteiger partial charge < -0.3 is 10.2 Å². The first-order valence-corrected chi connectivity index (χ1v) is 10.2. The molecule has 0 spiro atoms. The van der Waals surface area contributed by atoms with Crippen LogP contribution in [0.1, 0.15) is 34.5 Å². The van der Waals surface area contributed by atoms with Crippen LogP contribution in [0.2, 0.25) is 0 Å². The molecule has 0 saturated heterocycles. The zero-order valence-electron chi connectivity index (χ0n) is 15.1. The molecule has 1 heterocycles. The van der Waals surface area contributed by atoms with Crippen molar-refractivity contribution in [3.8, 4) is 0 Å². The van der Waals surface area contributed by atoms with Crippen molar-refractivity contribution in [2.24, 2.45) is 0 Å². The van der Waals surface area contributed by atoms with Gasteiger partial charge in [-0.25, -0.2) is 0 Å². The number of rotatable bonds is 7. The number of carbonyl (C=O) groups excluding carboxylic acids is 2. The molecule has 1 saturated carbocycles. The molecule has 2 aromatic carbocycles. The molecule has 0 radical (unpaired) electrons. The van der Waals surface area contributed by atoms with Crippen LogP contribution in [0.3, 0.4) is 0 Å². The van der Waals surface area contributed by atoms with Crippen LogP contribution >= 0.6 is 11.3 Å². The van der Waals surface area contributed by atoms with E-state index in [0.717, 1.165) is 23.6 Å². The molecule has 1 aliphatic carbocycles. The van der Waals surface area contributed by atoms with Gasteiger partial charge in [-0.15, -0.1) is 11.3 Å². The monoisotopic (exact) mass is 378 g/mol. The lowest BCUT2D eigenvalue weighted by atomic mass is 10.1. The smallest absolute Gasteiger partial charge is 0.251 e. The highest BCUT2D eigenvalue weighted by Gasteiger charge is 2.32. The van der Waals surface area contributed by atoms with E-state index in [1.165, 1.54) is 4.88 Å². The van der Waals surface area contributed by atoms with Crippen LogP contribution in [0.4, 0.5) is 0 Å². The van der Waals surface area contributed by atoms with Crippen LogP contribution in [-0.2, 0) is 11.3 Å². The Bertz CT molecular complexity index is 948. The second-order valence-corrected chi connectivity index (χ2v) is 7.93. The summed E-state index contributed by atoms with van der Waals surface area (Å²) in [6.45, 7) is 1.04. The molecule has 0 atom stereocenters. The van der Waals surface area contributed by atoms with Crippen molar-refractivity contribution < 1.29 is 9.59 Å². The quantitative estimate of drug-likeness (QED) is 0.669. The predicted molar refractivity (Wildman–Crippen MR) is 109 cm³/mol. The maximum atomic E-state index is 12.6. The zero-order chi connectivity index (χ0) is 18.6. The maximum absolute atomic E-state index is 12.6. The molecule has 1 aliphatic rings. The highest BCUT2D eigenvalue weighted by atomic mass is 32.1. The van der Waals surface area contributed by atoms with Crippen molar-refractivity contribution in [2.45, 2.75) is 31.8 Å². The molecule has 1 fully saturated rings. The summed E-state index contributed by atoms with van der Waals surface area (Å²) in [5.41, 5.74) is 0.624. The van der Waals surface area contributed by atoms with Gasteiger partial charge in [0.25, 0.3) is 5.91 Å². The molecule has 138 valence electrons. The van der Waals surface area contributed by atoms with Crippen molar-refractivity contribution in [2.75, 3.05) is 6.54 Å². The van der Waals surface area contributed by atoms with Gasteiger partial charge in [-0.2, -0.15) is 0 Å². The Hall–Kier alpha value is -2.66. The molecule has 0 unspecified atom stereocenters. The first-order valence-electron chi connectivity index (χ1n) is 9.29. The zero-order valence-corrected chi connectivity index (χ0v) is 15.9. The number of fused-ring (bicyclic) bond motifs is 1. The number of hydrogen-bond donors (Lipinski definition) is 1. The lowest BCUT2D eigenvalue weighted by molar-refractivity contribution is -0.132. The number of nitrogens with zero attached hydrogens (tertiary/aromatic N) is 1. The van der Waals surface area contributed by atoms with Crippen LogP contribution in [0.5, 0.6) is 0 Å². The summed E-state index contributed by atoms with van der Waals surface area (Å²) in [4.78, 5) is 28.2. The van der Waals surface area contributed by atoms with Gasteiger partial charge >= 0.3 is 0 Å². The summed E-state index contributed by atoms with van der Waals surface area (Å²) < 4.78 is 0. The van der Waals surface area contributed by atoms with Crippen molar-refractivity contribution in [3.63, 3.8) is 0 Å². The number of nitrogens with one attached hydrogen (secondary N) is 1. The SMILES string of the molecule is O=C(NCCC(=O)N(Cc1cccs1)C1CC1)c1ccc2ccccc2c1. The third-order valence-corrected chi connectivity index (χ3v) is 5.71. The first kappa shape index (κ1) is 17.7. The van der Waals surface area contributed by atoms with E-state index in [1.807, 2.05) is 58.8 Å². The molecule has 4 rings (SSSR count). The topological polar surface area (TPSA) is 49.4 Å². The van der Waals surface area contributed by atoms with E-state index >= 15 is 0 Å². The predicted octanol–water partition coefficient (Wildman–Crippen LogP) is 4.21. The van der Waals surface area contributed by atoms with Gasteiger partial charge in [-0.05, 0) is 47.2 Å². The summed E-state index contributed by atoms with van der Waals surface area (Å²) >= 11 is 1.68. The molecule has 27 heavy (non-hydrogen) atoms. The minimum Gasteiger partial charge on any atom is -0.352 e. The standard InChI is InChI=1S/C22H22N2O2S/c25-21(24(19-9-10-19)15-20-6-3-13-27-20)11-12-23-22(26)18-8-7-16-4-1-2-5-17(16)14-18/h1-8,13-14,19H,9-12,15H2,(H,23,26). The molecule has 1 aromatic heterocycles. The van der Waals surface area contributed by atoms with Gasteiger partial charge in [0.2, 0.25) is 5.91 Å². The Balaban J connectivity index is 1.32. The molecule has 0 bridgehead atoms. The molecule has 2 amide bonds. The fourth-order valence-corrected chi connectivity index (χ4v) is 3.94. The van der Waals surface area contributed by atoms with Crippen LogP contribution in [0, 0.1) is 0 Å². The van der Waals surface area contributed by atoms with Crippen LogP contribution in [0.25, 0.3) is 10.8 Å². The van der Waals surface area contributed by atoms with Crippen LogP contribution in [0.15, 0.2) is 60.0 Å². The first-order chi connectivity index (χ1) is 13.2. The lowest BCUT2D eigenvalue weighted by Crippen LogP contribution is -2.35. The van der Waals surface area contributed by atoms with Crippen LogP contribution in [-0.4, -0.2) is 29.3 Å². The fourth-order valence-electron chi connectivity index (χ4n) is 3.24. The molecule has 3 aromatic rings. The number of amides is 2. The summed E-state index contributed by atoms with van der Waals surface area (Å²) in [5, 5.41) is 7.07. The van der Waals surface area contributed by atoms with Gasteiger partial charge in [0.15, 0.2) is 0 Å². The van der Waals surface area contributed by atoms with Crippen molar-refractivity contribution >= 4 is 33.9 Å². The average Bonchev–Trinajstić information content (AvgIpc) is 3.40. The van der Waals surface area contributed by atoms with Gasteiger partial charge in [0, 0.05) is 29.4 Å². The van der Waals surface area contributed by atoms with Gasteiger partial charge in [-0.3, -0.25) is 9.59 Å². The summed E-state index contributed by atoms with van der Waals surface area (Å²) in [5.74, 6) is -0.0190. The lowest BCUT2D eigenvalue weighted by Gasteiger charge is -2.22. The van der Waals surface area contributed by atoms with E-state index in [4.69, 9.17) is 0 Å². The maximum Gasteiger partial charge on any atom is 0.251 e. The summed E-state index contributed by atoms with van der Waals surface area (Å²) in [6.07, 6.45) is 2.50. The minimum absolute atomic E-state index is 0.115. The van der Waals surface area contributed by atoms with E-state index in [2.05, 4.69) is 11.4 Å². The van der Waals surface area contributed by atoms with E-state index in [1.54, 1.807) is 11.3 Å². The van der Waals surface area contributed by atoms with E-state index < -0.39 is 0 Å². The summed E-state index contributed by atoms with van der Waals surface area (Å²) in [7, 11) is 0. The van der Waals surface area contributed by atoms with E-state index in [-0.39, 0.29) is 11.8 Å². The van der Waals surface area contributed by atoms with Gasteiger partial charge in [-0.1, -0.05) is 36.4 Å². The van der Waals surface area contributed by atoms with E-state index in [0.29, 0.717) is 31.1 Å². The van der Waals surface area contributed by atoms with Gasteiger partial charge in [0.05, 0.1) is 6.54 Å². The average molecular weight is 378 g/mol. The highest BCUT2D eigenvalue weighted by Crippen LogP contribution is 2.29. The number of benzene rings is 2. The van der Waals surface area contributed by atoms with Crippen molar-refractivity contribution in [1.29, 1.82) is 0 Å².